The Labute approximate surface area is 155 Å². The largest absolute Gasteiger partial charge is 0.497 e. The van der Waals surface area contributed by atoms with Crippen LogP contribution in [0.1, 0.15) is 5.56 Å². The SMILES string of the molecule is COc1ccc(OC)c(/C=C/C(=O)OCC(=O)Nc2cccnc2Cl)c1. The van der Waals surface area contributed by atoms with Crippen molar-refractivity contribution in [1.82, 2.24) is 4.98 Å². The number of nitrogens with one attached hydrogen (secondary N) is 1. The van der Waals surface area contributed by atoms with Crippen LogP contribution in [0.25, 0.3) is 6.08 Å². The summed E-state index contributed by atoms with van der Waals surface area (Å²) in [6, 6.07) is 8.37. The van der Waals surface area contributed by atoms with Crippen molar-refractivity contribution in [1.29, 1.82) is 0 Å². The summed E-state index contributed by atoms with van der Waals surface area (Å²) < 4.78 is 15.2. The summed E-state index contributed by atoms with van der Waals surface area (Å²) in [4.78, 5) is 27.4. The van der Waals surface area contributed by atoms with Gasteiger partial charge in [0.2, 0.25) is 0 Å². The van der Waals surface area contributed by atoms with Gasteiger partial charge in [-0.2, -0.15) is 0 Å². The quantitative estimate of drug-likeness (QED) is 0.454. The summed E-state index contributed by atoms with van der Waals surface area (Å²) >= 11 is 5.84. The summed E-state index contributed by atoms with van der Waals surface area (Å²) in [5, 5.41) is 2.65. The highest BCUT2D eigenvalue weighted by atomic mass is 35.5. The Balaban J connectivity index is 1.91. The van der Waals surface area contributed by atoms with Crippen molar-refractivity contribution in [2.24, 2.45) is 0 Å². The zero-order valence-corrected chi connectivity index (χ0v) is 14.9. The van der Waals surface area contributed by atoms with Crippen molar-refractivity contribution in [2.75, 3.05) is 26.1 Å². The highest BCUT2D eigenvalue weighted by molar-refractivity contribution is 6.32. The van der Waals surface area contributed by atoms with Gasteiger partial charge in [-0.3, -0.25) is 4.79 Å². The summed E-state index contributed by atoms with van der Waals surface area (Å²) in [7, 11) is 3.06. The van der Waals surface area contributed by atoms with Crippen LogP contribution in [-0.2, 0) is 14.3 Å². The number of ether oxygens (including phenoxy) is 3. The van der Waals surface area contributed by atoms with Gasteiger partial charge in [0.05, 0.1) is 19.9 Å². The molecule has 136 valence electrons. The maximum atomic E-state index is 11.8. The fourth-order valence-electron chi connectivity index (χ4n) is 1.98. The molecule has 0 saturated heterocycles. The fraction of sp³-hybridized carbons (Fsp3) is 0.167. The molecule has 1 amide bonds. The molecule has 7 nitrogen and oxygen atoms in total. The van der Waals surface area contributed by atoms with Crippen molar-refractivity contribution in [3.8, 4) is 11.5 Å². The number of hydrogen-bond acceptors (Lipinski definition) is 6. The van der Waals surface area contributed by atoms with Gasteiger partial charge in [-0.1, -0.05) is 11.6 Å². The standard InChI is InChI=1S/C18H17ClN2O5/c1-24-13-6-7-15(25-2)12(10-13)5-8-17(23)26-11-16(22)21-14-4-3-9-20-18(14)19/h3-10H,11H2,1-2H3,(H,21,22)/b8-5+. The van der Waals surface area contributed by atoms with Crippen molar-refractivity contribution in [2.45, 2.75) is 0 Å². The zero-order chi connectivity index (χ0) is 18.9. The first-order valence-electron chi connectivity index (χ1n) is 7.50. The highest BCUT2D eigenvalue weighted by Crippen LogP contribution is 2.25. The molecule has 1 N–H and O–H groups in total. The van der Waals surface area contributed by atoms with Gasteiger partial charge in [-0.05, 0) is 36.4 Å². The molecule has 0 aliphatic heterocycles. The number of amides is 1. The normalized spacial score (nSPS) is 10.4. The highest BCUT2D eigenvalue weighted by Gasteiger charge is 2.09. The minimum absolute atomic E-state index is 0.150. The van der Waals surface area contributed by atoms with Gasteiger partial charge in [-0.25, -0.2) is 9.78 Å². The van der Waals surface area contributed by atoms with Crippen molar-refractivity contribution < 1.29 is 23.8 Å². The van der Waals surface area contributed by atoms with Crippen LogP contribution in [-0.4, -0.2) is 37.7 Å². The molecule has 0 aliphatic carbocycles. The van der Waals surface area contributed by atoms with Gasteiger partial charge in [0.15, 0.2) is 11.8 Å². The average molecular weight is 377 g/mol. The molecule has 26 heavy (non-hydrogen) atoms. The van der Waals surface area contributed by atoms with Crippen LogP contribution in [0.3, 0.4) is 0 Å². The number of anilines is 1. The van der Waals surface area contributed by atoms with E-state index in [0.717, 1.165) is 0 Å². The first kappa shape index (κ1) is 19.3. The van der Waals surface area contributed by atoms with Gasteiger partial charge in [0.1, 0.15) is 11.5 Å². The number of rotatable bonds is 7. The van der Waals surface area contributed by atoms with E-state index < -0.39 is 18.5 Å². The fourth-order valence-corrected chi connectivity index (χ4v) is 2.14. The van der Waals surface area contributed by atoms with E-state index in [4.69, 9.17) is 25.8 Å². The Hall–Kier alpha value is -3.06. The van der Waals surface area contributed by atoms with Crippen LogP contribution in [0.5, 0.6) is 11.5 Å². The average Bonchev–Trinajstić information content (AvgIpc) is 2.66. The second-order valence-electron chi connectivity index (χ2n) is 4.94. The van der Waals surface area contributed by atoms with E-state index in [1.807, 2.05) is 0 Å². The lowest BCUT2D eigenvalue weighted by Crippen LogP contribution is -2.20. The minimum atomic E-state index is -0.678. The third-order valence-electron chi connectivity index (χ3n) is 3.21. The molecule has 0 atom stereocenters. The smallest absolute Gasteiger partial charge is 0.331 e. The lowest BCUT2D eigenvalue weighted by Gasteiger charge is -2.07. The van der Waals surface area contributed by atoms with Crippen molar-refractivity contribution >= 4 is 35.2 Å². The van der Waals surface area contributed by atoms with Gasteiger partial charge in [0, 0.05) is 17.8 Å². The maximum absolute atomic E-state index is 11.8. The van der Waals surface area contributed by atoms with Gasteiger partial charge >= 0.3 is 5.97 Å². The van der Waals surface area contributed by atoms with Crippen molar-refractivity contribution in [3.63, 3.8) is 0 Å². The Kier molecular flexibility index (Phi) is 6.99. The molecule has 0 saturated carbocycles. The van der Waals surface area contributed by atoms with Crippen LogP contribution in [0.15, 0.2) is 42.6 Å². The first-order valence-corrected chi connectivity index (χ1v) is 7.88. The predicted octanol–water partition coefficient (Wildman–Crippen LogP) is 2.95. The third kappa shape index (κ3) is 5.49. The molecule has 0 spiro atoms. The molecule has 0 aliphatic rings. The molecular weight excluding hydrogens is 360 g/mol. The molecule has 0 radical (unpaired) electrons. The number of aromatic nitrogens is 1. The van der Waals surface area contributed by atoms with Crippen LogP contribution in [0.2, 0.25) is 5.15 Å². The molecule has 2 rings (SSSR count). The summed E-state index contributed by atoms with van der Waals surface area (Å²) in [6.07, 6.45) is 4.21. The van der Waals surface area contributed by atoms with E-state index in [0.29, 0.717) is 22.7 Å². The number of methoxy groups -OCH3 is 2. The molecule has 0 unspecified atom stereocenters. The lowest BCUT2D eigenvalue weighted by atomic mass is 10.1. The van der Waals surface area contributed by atoms with Crippen LogP contribution in [0.4, 0.5) is 5.69 Å². The topological polar surface area (TPSA) is 86.8 Å². The molecule has 0 fully saturated rings. The molecule has 1 aromatic carbocycles. The van der Waals surface area contributed by atoms with E-state index >= 15 is 0 Å². The van der Waals surface area contributed by atoms with Crippen LogP contribution in [0, 0.1) is 0 Å². The van der Waals surface area contributed by atoms with Crippen molar-refractivity contribution in [3.05, 3.63) is 53.3 Å². The first-order chi connectivity index (χ1) is 12.5. The van der Waals surface area contributed by atoms with Crippen LogP contribution >= 0.6 is 11.6 Å². The molecular formula is C18H17ClN2O5. The number of nitrogens with zero attached hydrogens (tertiary/aromatic N) is 1. The molecule has 2 aromatic rings. The third-order valence-corrected chi connectivity index (χ3v) is 3.52. The zero-order valence-electron chi connectivity index (χ0n) is 14.2. The number of carbonyl (C=O) groups is 2. The number of carbonyl (C=O) groups excluding carboxylic acids is 2. The summed E-state index contributed by atoms with van der Waals surface area (Å²) in [6.45, 7) is -0.455. The van der Waals surface area contributed by atoms with E-state index in [2.05, 4.69) is 10.3 Å². The Morgan fingerprint density at radius 3 is 2.73 bits per heavy atom. The van der Waals surface area contributed by atoms with Gasteiger partial charge < -0.3 is 19.5 Å². The van der Waals surface area contributed by atoms with E-state index in [1.54, 1.807) is 30.3 Å². The lowest BCUT2D eigenvalue weighted by molar-refractivity contribution is -0.142. The van der Waals surface area contributed by atoms with Crippen LogP contribution < -0.4 is 14.8 Å². The predicted molar refractivity (Wildman–Crippen MR) is 97.4 cm³/mol. The second-order valence-corrected chi connectivity index (χ2v) is 5.30. The number of pyridine rings is 1. The summed E-state index contributed by atoms with van der Waals surface area (Å²) in [5.74, 6) is -0.0201. The molecule has 1 heterocycles. The van der Waals surface area contributed by atoms with Gasteiger partial charge in [0.25, 0.3) is 5.91 Å². The van der Waals surface area contributed by atoms with E-state index in [-0.39, 0.29) is 5.15 Å². The number of benzene rings is 1. The Morgan fingerprint density at radius 2 is 2.04 bits per heavy atom. The molecule has 1 aromatic heterocycles. The second kappa shape index (κ2) is 9.43. The Bertz CT molecular complexity index is 823. The maximum Gasteiger partial charge on any atom is 0.331 e. The monoisotopic (exact) mass is 376 g/mol. The van der Waals surface area contributed by atoms with E-state index in [9.17, 15) is 9.59 Å². The number of esters is 1. The minimum Gasteiger partial charge on any atom is -0.497 e. The molecule has 0 bridgehead atoms. The van der Waals surface area contributed by atoms with Gasteiger partial charge in [-0.15, -0.1) is 0 Å². The Morgan fingerprint density at radius 1 is 1.23 bits per heavy atom. The van der Waals surface area contributed by atoms with E-state index in [1.165, 1.54) is 32.6 Å². The number of hydrogen-bond donors (Lipinski definition) is 1. The molecule has 8 heteroatoms. The summed E-state index contributed by atoms with van der Waals surface area (Å²) in [5.41, 5.74) is 0.974. The number of halogens is 1.